The zero-order valence-corrected chi connectivity index (χ0v) is 15.6. The van der Waals surface area contributed by atoms with Gasteiger partial charge in [0, 0.05) is 18.6 Å². The number of hydrogen-bond acceptors (Lipinski definition) is 6. The van der Waals surface area contributed by atoms with Crippen molar-refractivity contribution in [1.82, 2.24) is 14.9 Å². The van der Waals surface area contributed by atoms with Crippen LogP contribution in [-0.2, 0) is 19.6 Å². The molecule has 0 aliphatic carbocycles. The Morgan fingerprint density at radius 1 is 1.31 bits per heavy atom. The normalized spacial score (nSPS) is 14.9. The van der Waals surface area contributed by atoms with Crippen molar-refractivity contribution in [1.29, 1.82) is 0 Å². The highest BCUT2D eigenvalue weighted by atomic mass is 32.2. The Balaban J connectivity index is 2.06. The lowest BCUT2D eigenvalue weighted by molar-refractivity contribution is -0.130. The van der Waals surface area contributed by atoms with Crippen LogP contribution in [0.2, 0.25) is 0 Å². The first-order valence-corrected chi connectivity index (χ1v) is 9.37. The summed E-state index contributed by atoms with van der Waals surface area (Å²) in [5.41, 5.74) is -0.696. The molecule has 0 saturated carbocycles. The Kier molecular flexibility index (Phi) is 5.67. The maximum atomic E-state index is 12.3. The summed E-state index contributed by atoms with van der Waals surface area (Å²) in [4.78, 5) is 36.2. The number of carbonyl (C=O) groups excluding carboxylic acids is 3. The van der Waals surface area contributed by atoms with Gasteiger partial charge in [0.1, 0.15) is 0 Å². The number of esters is 1. The second-order valence-corrected chi connectivity index (χ2v) is 8.42. The molecule has 1 heterocycles. The van der Waals surface area contributed by atoms with E-state index >= 15 is 0 Å². The van der Waals surface area contributed by atoms with Gasteiger partial charge in [-0.05, 0) is 39.0 Å². The third-order valence-electron chi connectivity index (χ3n) is 3.31. The van der Waals surface area contributed by atoms with Gasteiger partial charge < -0.3 is 10.1 Å². The lowest BCUT2D eigenvalue weighted by atomic mass is 10.1. The van der Waals surface area contributed by atoms with Gasteiger partial charge in [-0.15, -0.1) is 0 Å². The molecule has 0 aromatic heterocycles. The minimum atomic E-state index is -3.81. The summed E-state index contributed by atoms with van der Waals surface area (Å²) >= 11 is 0. The number of nitrogens with zero attached hydrogens (tertiary/aromatic N) is 1. The molecule has 0 unspecified atom stereocenters. The predicted molar refractivity (Wildman–Crippen MR) is 91.9 cm³/mol. The first kappa shape index (κ1) is 19.9. The Morgan fingerprint density at radius 3 is 2.58 bits per heavy atom. The minimum Gasteiger partial charge on any atom is -0.452 e. The molecule has 9 nitrogen and oxygen atoms in total. The highest BCUT2D eigenvalue weighted by Crippen LogP contribution is 2.15. The van der Waals surface area contributed by atoms with E-state index in [1.807, 2.05) is 0 Å². The molecule has 2 N–H and O–H groups in total. The van der Waals surface area contributed by atoms with Gasteiger partial charge >= 0.3 is 12.0 Å². The molecule has 1 fully saturated rings. The standard InChI is InChI=1S/C16H21N3O6S/c1-16(2,3)18-26(23,24)12-6-4-5-11(9-12)14(21)25-10-13(20)19-8-7-17-15(19)22/h4-6,9,18H,7-8,10H2,1-3H3,(H,17,22). The van der Waals surface area contributed by atoms with Crippen LogP contribution in [0.1, 0.15) is 31.1 Å². The number of urea groups is 1. The van der Waals surface area contributed by atoms with Crippen LogP contribution in [0.5, 0.6) is 0 Å². The molecule has 26 heavy (non-hydrogen) atoms. The first-order chi connectivity index (χ1) is 12.0. The number of nitrogens with one attached hydrogen (secondary N) is 2. The van der Waals surface area contributed by atoms with Crippen molar-refractivity contribution in [3.63, 3.8) is 0 Å². The molecule has 3 amide bonds. The smallest absolute Gasteiger partial charge is 0.338 e. The fourth-order valence-corrected chi connectivity index (χ4v) is 3.71. The molecule has 1 aliphatic rings. The molecular weight excluding hydrogens is 362 g/mol. The van der Waals surface area contributed by atoms with E-state index in [4.69, 9.17) is 4.74 Å². The van der Waals surface area contributed by atoms with E-state index in [-0.39, 0.29) is 17.0 Å². The quantitative estimate of drug-likeness (QED) is 0.713. The van der Waals surface area contributed by atoms with Crippen molar-refractivity contribution in [2.75, 3.05) is 19.7 Å². The second kappa shape index (κ2) is 7.42. The molecule has 1 aliphatic heterocycles. The van der Waals surface area contributed by atoms with E-state index in [9.17, 15) is 22.8 Å². The monoisotopic (exact) mass is 383 g/mol. The van der Waals surface area contributed by atoms with Crippen LogP contribution in [-0.4, -0.2) is 56.5 Å². The first-order valence-electron chi connectivity index (χ1n) is 7.89. The number of ether oxygens (including phenoxy) is 1. The zero-order valence-electron chi connectivity index (χ0n) is 14.7. The second-order valence-electron chi connectivity index (χ2n) is 6.74. The molecule has 1 aromatic rings. The van der Waals surface area contributed by atoms with Gasteiger partial charge in [-0.25, -0.2) is 22.7 Å². The lowest BCUT2D eigenvalue weighted by Gasteiger charge is -2.20. The van der Waals surface area contributed by atoms with Crippen molar-refractivity contribution in [2.24, 2.45) is 0 Å². The summed E-state index contributed by atoms with van der Waals surface area (Å²) in [5, 5.41) is 2.46. The van der Waals surface area contributed by atoms with E-state index in [2.05, 4.69) is 10.0 Å². The molecule has 0 radical (unpaired) electrons. The molecule has 1 aromatic carbocycles. The predicted octanol–water partition coefficient (Wildman–Crippen LogP) is 0.472. The van der Waals surface area contributed by atoms with Crippen LogP contribution in [0.4, 0.5) is 4.79 Å². The summed E-state index contributed by atoms with van der Waals surface area (Å²) in [6, 6.07) is 4.77. The summed E-state index contributed by atoms with van der Waals surface area (Å²) in [6.07, 6.45) is 0. The van der Waals surface area contributed by atoms with Crippen molar-refractivity contribution in [3.8, 4) is 0 Å². The minimum absolute atomic E-state index is 0.0135. The Labute approximate surface area is 151 Å². The lowest BCUT2D eigenvalue weighted by Crippen LogP contribution is -2.40. The van der Waals surface area contributed by atoms with Crippen molar-refractivity contribution in [2.45, 2.75) is 31.2 Å². The van der Waals surface area contributed by atoms with Gasteiger partial charge in [0.2, 0.25) is 10.0 Å². The third-order valence-corrected chi connectivity index (χ3v) is 5.06. The molecule has 10 heteroatoms. The largest absolute Gasteiger partial charge is 0.452 e. The van der Waals surface area contributed by atoms with Gasteiger partial charge in [-0.1, -0.05) is 6.07 Å². The van der Waals surface area contributed by atoms with Crippen LogP contribution in [0.3, 0.4) is 0 Å². The van der Waals surface area contributed by atoms with Gasteiger partial charge in [-0.2, -0.15) is 0 Å². The topological polar surface area (TPSA) is 122 Å². The summed E-state index contributed by atoms with van der Waals surface area (Å²) in [5.74, 6) is -1.50. The Bertz CT molecular complexity index is 829. The molecular formula is C16H21N3O6S. The Morgan fingerprint density at radius 2 is 2.00 bits per heavy atom. The SMILES string of the molecule is CC(C)(C)NS(=O)(=O)c1cccc(C(=O)OCC(=O)N2CCNC2=O)c1. The number of hydrogen-bond donors (Lipinski definition) is 2. The Hall–Kier alpha value is -2.46. The van der Waals surface area contributed by atoms with Crippen molar-refractivity contribution < 1.29 is 27.5 Å². The third kappa shape index (κ3) is 5.02. The average molecular weight is 383 g/mol. The number of benzene rings is 1. The summed E-state index contributed by atoms with van der Waals surface area (Å²) < 4.78 is 32.0. The highest BCUT2D eigenvalue weighted by molar-refractivity contribution is 7.89. The van der Waals surface area contributed by atoms with E-state index < -0.39 is 40.1 Å². The summed E-state index contributed by atoms with van der Waals surface area (Å²) in [6.45, 7) is 5.04. The summed E-state index contributed by atoms with van der Waals surface area (Å²) in [7, 11) is -3.81. The molecule has 2 rings (SSSR count). The molecule has 1 saturated heterocycles. The van der Waals surface area contributed by atoms with Crippen molar-refractivity contribution >= 4 is 27.9 Å². The molecule has 0 bridgehead atoms. The molecule has 142 valence electrons. The van der Waals surface area contributed by atoms with Gasteiger partial charge in [0.25, 0.3) is 5.91 Å². The van der Waals surface area contributed by atoms with Gasteiger partial charge in [0.15, 0.2) is 6.61 Å². The number of amides is 3. The van der Waals surface area contributed by atoms with Crippen LogP contribution >= 0.6 is 0 Å². The van der Waals surface area contributed by atoms with Gasteiger partial charge in [0.05, 0.1) is 10.5 Å². The zero-order chi connectivity index (χ0) is 19.5. The van der Waals surface area contributed by atoms with E-state index in [0.717, 1.165) is 4.90 Å². The number of rotatable bonds is 5. The number of carbonyl (C=O) groups is 3. The van der Waals surface area contributed by atoms with E-state index in [0.29, 0.717) is 6.54 Å². The van der Waals surface area contributed by atoms with Crippen molar-refractivity contribution in [3.05, 3.63) is 29.8 Å². The maximum absolute atomic E-state index is 12.3. The fourth-order valence-electron chi connectivity index (χ4n) is 2.25. The van der Waals surface area contributed by atoms with E-state index in [1.54, 1.807) is 20.8 Å². The average Bonchev–Trinajstić information content (AvgIpc) is 2.96. The van der Waals surface area contributed by atoms with Crippen LogP contribution < -0.4 is 10.0 Å². The maximum Gasteiger partial charge on any atom is 0.338 e. The van der Waals surface area contributed by atoms with Crippen LogP contribution in [0.25, 0.3) is 0 Å². The van der Waals surface area contributed by atoms with Gasteiger partial charge in [-0.3, -0.25) is 9.69 Å². The number of sulfonamides is 1. The highest BCUT2D eigenvalue weighted by Gasteiger charge is 2.27. The van der Waals surface area contributed by atoms with Crippen LogP contribution in [0.15, 0.2) is 29.2 Å². The number of imide groups is 1. The molecule has 0 spiro atoms. The fraction of sp³-hybridized carbons (Fsp3) is 0.438. The van der Waals surface area contributed by atoms with Crippen LogP contribution in [0, 0.1) is 0 Å². The molecule has 0 atom stereocenters. The van der Waals surface area contributed by atoms with E-state index in [1.165, 1.54) is 24.3 Å².